The molecule has 0 saturated heterocycles. The van der Waals surface area contributed by atoms with Crippen molar-refractivity contribution in [3.63, 3.8) is 0 Å². The summed E-state index contributed by atoms with van der Waals surface area (Å²) in [5, 5.41) is 9.84. The second-order valence-electron chi connectivity index (χ2n) is 3.63. The van der Waals surface area contributed by atoms with E-state index in [4.69, 9.17) is 50.5 Å². The molecule has 0 radical (unpaired) electrons. The lowest BCUT2D eigenvalue weighted by Gasteiger charge is -2.11. The third kappa shape index (κ3) is 2.87. The van der Waals surface area contributed by atoms with E-state index in [0.717, 1.165) is 0 Å². The molecule has 0 unspecified atom stereocenters. The van der Waals surface area contributed by atoms with Gasteiger partial charge in [-0.1, -0.05) is 40.9 Å². The zero-order valence-corrected chi connectivity index (χ0v) is 11.7. The van der Waals surface area contributed by atoms with Gasteiger partial charge in [-0.05, 0) is 18.2 Å². The highest BCUT2D eigenvalue weighted by molar-refractivity contribution is 6.43. The van der Waals surface area contributed by atoms with Gasteiger partial charge in [-0.3, -0.25) is 0 Å². The highest BCUT2D eigenvalue weighted by atomic mass is 35.5. The molecule has 2 aromatic rings. The van der Waals surface area contributed by atoms with E-state index in [1.54, 1.807) is 18.2 Å². The van der Waals surface area contributed by atoms with Crippen molar-refractivity contribution in [3.8, 4) is 17.6 Å². The van der Waals surface area contributed by atoms with Crippen molar-refractivity contribution in [2.45, 2.75) is 0 Å². The first-order chi connectivity index (χ1) is 9.02. The summed E-state index contributed by atoms with van der Waals surface area (Å²) in [7, 11) is 0. The fourth-order valence-electron chi connectivity index (χ4n) is 1.43. The van der Waals surface area contributed by atoms with Gasteiger partial charge in [0, 0.05) is 6.07 Å². The number of rotatable bonds is 2. The first-order valence-electron chi connectivity index (χ1n) is 5.14. The number of ether oxygens (including phenoxy) is 1. The van der Waals surface area contributed by atoms with Gasteiger partial charge < -0.3 is 10.5 Å². The van der Waals surface area contributed by atoms with Crippen LogP contribution in [0.1, 0.15) is 5.56 Å². The smallest absolute Gasteiger partial charge is 0.151 e. The molecule has 19 heavy (non-hydrogen) atoms. The molecule has 0 spiro atoms. The maximum Gasteiger partial charge on any atom is 0.151 e. The molecule has 0 amide bonds. The van der Waals surface area contributed by atoms with E-state index >= 15 is 0 Å². The average Bonchev–Trinajstić information content (AvgIpc) is 2.38. The number of nitrogens with zero attached hydrogens (tertiary/aromatic N) is 1. The van der Waals surface area contributed by atoms with Gasteiger partial charge in [0.25, 0.3) is 0 Å². The second kappa shape index (κ2) is 5.58. The molecule has 2 rings (SSSR count). The van der Waals surface area contributed by atoms with Gasteiger partial charge in [0.1, 0.15) is 11.8 Å². The number of nitrogens with two attached hydrogens (primary N) is 1. The molecule has 96 valence electrons. The van der Waals surface area contributed by atoms with Crippen LogP contribution in [0.15, 0.2) is 30.3 Å². The topological polar surface area (TPSA) is 59.0 Å². The lowest BCUT2D eigenvalue weighted by Crippen LogP contribution is -1.95. The fraction of sp³-hybridized carbons (Fsp3) is 0. The third-order valence-electron chi connectivity index (χ3n) is 2.38. The number of nitriles is 1. The molecule has 0 atom stereocenters. The Hall–Kier alpha value is -1.60. The van der Waals surface area contributed by atoms with E-state index in [0.29, 0.717) is 32.1 Å². The SMILES string of the molecule is N#Cc1cccc(Oc2cc(Cl)c(Cl)cc2Cl)c1N. The molecular weight excluding hydrogens is 307 g/mol. The zero-order chi connectivity index (χ0) is 14.0. The van der Waals surface area contributed by atoms with E-state index in [1.807, 2.05) is 6.07 Å². The number of anilines is 1. The number of para-hydroxylation sites is 1. The number of hydrogen-bond acceptors (Lipinski definition) is 3. The predicted octanol–water partition coefficient (Wildman–Crippen LogP) is 4.89. The van der Waals surface area contributed by atoms with E-state index in [-0.39, 0.29) is 5.69 Å². The van der Waals surface area contributed by atoms with Gasteiger partial charge in [-0.2, -0.15) is 5.26 Å². The normalized spacial score (nSPS) is 10.0. The summed E-state index contributed by atoms with van der Waals surface area (Å²) in [4.78, 5) is 0. The third-order valence-corrected chi connectivity index (χ3v) is 3.40. The van der Waals surface area contributed by atoms with Gasteiger partial charge in [0.15, 0.2) is 5.75 Å². The highest BCUT2D eigenvalue weighted by Crippen LogP contribution is 2.38. The first-order valence-corrected chi connectivity index (χ1v) is 6.27. The monoisotopic (exact) mass is 312 g/mol. The van der Waals surface area contributed by atoms with Crippen LogP contribution in [0.4, 0.5) is 5.69 Å². The van der Waals surface area contributed by atoms with Gasteiger partial charge >= 0.3 is 0 Å². The Bertz CT molecular complexity index is 680. The van der Waals surface area contributed by atoms with Crippen LogP contribution in [0.2, 0.25) is 15.1 Å². The first kappa shape index (κ1) is 13.8. The molecule has 0 aliphatic heterocycles. The molecule has 0 heterocycles. The van der Waals surface area contributed by atoms with Crippen molar-refractivity contribution < 1.29 is 4.74 Å². The van der Waals surface area contributed by atoms with Crippen molar-refractivity contribution in [3.05, 3.63) is 51.0 Å². The van der Waals surface area contributed by atoms with Crippen molar-refractivity contribution in [1.82, 2.24) is 0 Å². The van der Waals surface area contributed by atoms with E-state index in [2.05, 4.69) is 0 Å². The summed E-state index contributed by atoms with van der Waals surface area (Å²) in [5.41, 5.74) is 6.38. The largest absolute Gasteiger partial charge is 0.454 e. The van der Waals surface area contributed by atoms with Crippen LogP contribution in [0, 0.1) is 11.3 Å². The van der Waals surface area contributed by atoms with Crippen molar-refractivity contribution in [2.24, 2.45) is 0 Å². The van der Waals surface area contributed by atoms with Crippen LogP contribution in [-0.4, -0.2) is 0 Å². The quantitative estimate of drug-likeness (QED) is 0.634. The number of hydrogen-bond donors (Lipinski definition) is 1. The summed E-state index contributed by atoms with van der Waals surface area (Å²) in [6, 6.07) is 9.83. The number of benzene rings is 2. The van der Waals surface area contributed by atoms with Crippen LogP contribution in [0.5, 0.6) is 11.5 Å². The van der Waals surface area contributed by atoms with E-state index in [1.165, 1.54) is 12.1 Å². The molecule has 2 N–H and O–H groups in total. The van der Waals surface area contributed by atoms with Crippen molar-refractivity contribution >= 4 is 40.5 Å². The van der Waals surface area contributed by atoms with Gasteiger partial charge in [0.05, 0.1) is 26.3 Å². The lowest BCUT2D eigenvalue weighted by atomic mass is 10.2. The summed E-state index contributed by atoms with van der Waals surface area (Å²) >= 11 is 17.7. The Morgan fingerprint density at radius 3 is 2.37 bits per heavy atom. The minimum Gasteiger partial charge on any atom is -0.454 e. The Labute approximate surface area is 125 Å². The van der Waals surface area contributed by atoms with Crippen LogP contribution < -0.4 is 10.5 Å². The molecule has 0 bridgehead atoms. The minimum absolute atomic E-state index is 0.243. The minimum atomic E-state index is 0.243. The summed E-state index contributed by atoms with van der Waals surface area (Å²) in [6.07, 6.45) is 0. The molecular formula is C13H7Cl3N2O. The standard InChI is InChI=1S/C13H7Cl3N2O/c14-8-4-10(16)12(5-9(8)15)19-11-3-1-2-7(6-17)13(11)18/h1-5H,18H2. The molecule has 0 aromatic heterocycles. The highest BCUT2D eigenvalue weighted by Gasteiger charge is 2.11. The number of halogens is 3. The van der Waals surface area contributed by atoms with Crippen LogP contribution in [-0.2, 0) is 0 Å². The fourth-order valence-corrected chi connectivity index (χ4v) is 2.01. The van der Waals surface area contributed by atoms with Crippen LogP contribution >= 0.6 is 34.8 Å². The molecule has 2 aromatic carbocycles. The van der Waals surface area contributed by atoms with E-state index < -0.39 is 0 Å². The van der Waals surface area contributed by atoms with Gasteiger partial charge in [-0.25, -0.2) is 0 Å². The van der Waals surface area contributed by atoms with Crippen molar-refractivity contribution in [2.75, 3.05) is 5.73 Å². The Balaban J connectivity index is 2.43. The molecule has 0 aliphatic carbocycles. The molecule has 6 heteroatoms. The van der Waals surface area contributed by atoms with E-state index in [9.17, 15) is 0 Å². The molecule has 0 fully saturated rings. The molecule has 0 saturated carbocycles. The Morgan fingerprint density at radius 1 is 1.00 bits per heavy atom. The maximum absolute atomic E-state index is 8.89. The predicted molar refractivity (Wildman–Crippen MR) is 77.1 cm³/mol. The van der Waals surface area contributed by atoms with Crippen LogP contribution in [0.25, 0.3) is 0 Å². The number of nitrogen functional groups attached to an aromatic ring is 1. The summed E-state index contributed by atoms with van der Waals surface area (Å²) < 4.78 is 5.57. The molecule has 0 aliphatic rings. The average molecular weight is 314 g/mol. The molecule has 3 nitrogen and oxygen atoms in total. The zero-order valence-electron chi connectivity index (χ0n) is 9.45. The second-order valence-corrected chi connectivity index (χ2v) is 4.85. The lowest BCUT2D eigenvalue weighted by molar-refractivity contribution is 0.485. The summed E-state index contributed by atoms with van der Waals surface area (Å²) in [5.74, 6) is 0.650. The Kier molecular flexibility index (Phi) is 4.06. The van der Waals surface area contributed by atoms with Gasteiger partial charge in [-0.15, -0.1) is 0 Å². The van der Waals surface area contributed by atoms with Crippen LogP contribution in [0.3, 0.4) is 0 Å². The maximum atomic E-state index is 8.89. The Morgan fingerprint density at radius 2 is 1.68 bits per heavy atom. The van der Waals surface area contributed by atoms with Crippen molar-refractivity contribution in [1.29, 1.82) is 5.26 Å². The summed E-state index contributed by atoms with van der Waals surface area (Å²) in [6.45, 7) is 0. The van der Waals surface area contributed by atoms with Gasteiger partial charge in [0.2, 0.25) is 0 Å².